The van der Waals surface area contributed by atoms with Gasteiger partial charge in [0.15, 0.2) is 5.65 Å². The highest BCUT2D eigenvalue weighted by Gasteiger charge is 2.43. The van der Waals surface area contributed by atoms with Crippen molar-refractivity contribution in [2.45, 2.75) is 84.2 Å². The second kappa shape index (κ2) is 13.7. The van der Waals surface area contributed by atoms with E-state index in [9.17, 15) is 9.59 Å². The maximum Gasteiger partial charge on any atom is 0.410 e. The van der Waals surface area contributed by atoms with Gasteiger partial charge in [0.05, 0.1) is 30.5 Å². The van der Waals surface area contributed by atoms with Crippen molar-refractivity contribution >= 4 is 37.1 Å². The van der Waals surface area contributed by atoms with E-state index in [1.54, 1.807) is 31.5 Å². The van der Waals surface area contributed by atoms with Crippen molar-refractivity contribution in [3.05, 3.63) is 18.0 Å². The van der Waals surface area contributed by atoms with Crippen LogP contribution in [-0.4, -0.2) is 110 Å². The summed E-state index contributed by atoms with van der Waals surface area (Å²) in [6.45, 7) is 19.4. The molecule has 236 valence electrons. The minimum atomic E-state index is -1.24. The van der Waals surface area contributed by atoms with Crippen LogP contribution in [-0.2, 0) is 25.7 Å². The third-order valence-corrected chi connectivity index (χ3v) is 8.69. The topological polar surface area (TPSA) is 120 Å². The van der Waals surface area contributed by atoms with Crippen LogP contribution in [0.1, 0.15) is 45.0 Å². The van der Waals surface area contributed by atoms with Crippen LogP contribution in [0.5, 0.6) is 0 Å². The molecule has 2 unspecified atom stereocenters. The molecular formula is C29H50N6O6Si. The van der Waals surface area contributed by atoms with Gasteiger partial charge in [-0.2, -0.15) is 0 Å². The van der Waals surface area contributed by atoms with Gasteiger partial charge in [0.2, 0.25) is 0 Å². The van der Waals surface area contributed by atoms with Crippen molar-refractivity contribution in [2.24, 2.45) is 0 Å². The van der Waals surface area contributed by atoms with Gasteiger partial charge < -0.3 is 33.7 Å². The number of rotatable bonds is 12. The Balaban J connectivity index is 1.92. The Morgan fingerprint density at radius 3 is 2.50 bits per heavy atom. The van der Waals surface area contributed by atoms with Crippen LogP contribution in [0.25, 0.3) is 11.2 Å². The molecule has 0 aromatic carbocycles. The zero-order valence-electron chi connectivity index (χ0n) is 27.1. The van der Waals surface area contributed by atoms with Crippen LogP contribution in [0.15, 0.2) is 12.4 Å². The fraction of sp³-hybridized carbons (Fsp3) is 0.724. The molecular weight excluding hydrogens is 556 g/mol. The van der Waals surface area contributed by atoms with E-state index >= 15 is 0 Å². The molecule has 2 atom stereocenters. The number of anilines is 1. The van der Waals surface area contributed by atoms with Crippen LogP contribution in [0, 0.1) is 0 Å². The third kappa shape index (κ3) is 8.88. The SMILES string of the molecule is COCC(C)NC(=O)c1cn(COCC[Si](C)(C)C)c2ncc(N3CCN(C(=O)OC(C)(C)C)C(C)(COC)C3)nc12. The number of ether oxygens (including phenoxy) is 4. The summed E-state index contributed by atoms with van der Waals surface area (Å²) in [5, 5.41) is 2.99. The quantitative estimate of drug-likeness (QED) is 0.283. The predicted molar refractivity (Wildman–Crippen MR) is 166 cm³/mol. The first kappa shape index (κ1) is 33.8. The van der Waals surface area contributed by atoms with Crippen LogP contribution >= 0.6 is 0 Å². The van der Waals surface area contributed by atoms with E-state index in [1.165, 1.54) is 0 Å². The lowest BCUT2D eigenvalue weighted by Gasteiger charge is -2.48. The Labute approximate surface area is 251 Å². The van der Waals surface area contributed by atoms with Crippen LogP contribution in [0.2, 0.25) is 25.7 Å². The summed E-state index contributed by atoms with van der Waals surface area (Å²) in [6, 6.07) is 0.861. The molecule has 0 bridgehead atoms. The van der Waals surface area contributed by atoms with Crippen molar-refractivity contribution in [1.29, 1.82) is 0 Å². The number of nitrogens with zero attached hydrogens (tertiary/aromatic N) is 5. The second-order valence-corrected chi connectivity index (χ2v) is 19.2. The van der Waals surface area contributed by atoms with Crippen molar-refractivity contribution in [1.82, 2.24) is 24.8 Å². The molecule has 42 heavy (non-hydrogen) atoms. The molecule has 0 spiro atoms. The van der Waals surface area contributed by atoms with Gasteiger partial charge in [-0.25, -0.2) is 14.8 Å². The summed E-state index contributed by atoms with van der Waals surface area (Å²) in [7, 11) is 1.98. The first-order chi connectivity index (χ1) is 19.6. The molecule has 1 N–H and O–H groups in total. The largest absolute Gasteiger partial charge is 0.444 e. The number of carbonyl (C=O) groups is 2. The fourth-order valence-corrected chi connectivity index (χ4v) is 5.68. The lowest BCUT2D eigenvalue weighted by molar-refractivity contribution is -0.0240. The number of carbonyl (C=O) groups excluding carboxylic acids is 2. The number of aromatic nitrogens is 3. The molecule has 2 aromatic rings. The van der Waals surface area contributed by atoms with Gasteiger partial charge in [-0.05, 0) is 40.7 Å². The summed E-state index contributed by atoms with van der Waals surface area (Å²) in [5.74, 6) is 0.362. The normalized spacial score (nSPS) is 18.8. The molecule has 1 fully saturated rings. The molecule has 3 rings (SSSR count). The monoisotopic (exact) mass is 606 g/mol. The Morgan fingerprint density at radius 2 is 1.88 bits per heavy atom. The fourth-order valence-electron chi connectivity index (χ4n) is 4.92. The van der Waals surface area contributed by atoms with E-state index in [2.05, 4.69) is 29.9 Å². The number of methoxy groups -OCH3 is 2. The number of fused-ring (bicyclic) bond motifs is 1. The van der Waals surface area contributed by atoms with Gasteiger partial charge in [-0.15, -0.1) is 0 Å². The Bertz CT molecular complexity index is 1230. The van der Waals surface area contributed by atoms with E-state index in [-0.39, 0.29) is 24.8 Å². The van der Waals surface area contributed by atoms with Gasteiger partial charge in [-0.1, -0.05) is 19.6 Å². The third-order valence-electron chi connectivity index (χ3n) is 6.99. The molecule has 2 aromatic heterocycles. The molecule has 13 heteroatoms. The van der Waals surface area contributed by atoms with Crippen molar-refractivity contribution in [3.8, 4) is 0 Å². The molecule has 1 aliphatic rings. The van der Waals surface area contributed by atoms with E-state index < -0.39 is 19.2 Å². The Hall–Kier alpha value is -2.74. The zero-order chi connectivity index (χ0) is 31.3. The smallest absolute Gasteiger partial charge is 0.410 e. The molecule has 0 saturated carbocycles. The van der Waals surface area contributed by atoms with Gasteiger partial charge in [0, 0.05) is 60.8 Å². The lowest BCUT2D eigenvalue weighted by atomic mass is 9.97. The van der Waals surface area contributed by atoms with Crippen LogP contribution in [0.4, 0.5) is 10.6 Å². The van der Waals surface area contributed by atoms with Gasteiger partial charge in [0.1, 0.15) is 23.7 Å². The van der Waals surface area contributed by atoms with E-state index in [4.69, 9.17) is 28.9 Å². The summed E-state index contributed by atoms with van der Waals surface area (Å²) in [6.07, 6.45) is 3.10. The van der Waals surface area contributed by atoms with Crippen molar-refractivity contribution in [3.63, 3.8) is 0 Å². The van der Waals surface area contributed by atoms with E-state index in [1.807, 2.05) is 39.2 Å². The molecule has 1 aliphatic heterocycles. The molecule has 3 heterocycles. The molecule has 0 aliphatic carbocycles. The lowest BCUT2D eigenvalue weighted by Crippen LogP contribution is -2.65. The standard InChI is InChI=1S/C29H50N6O6Si/c1-21(17-38-6)31-26(36)22-16-34(20-40-13-14-42(8,9)10)25-24(22)32-23(15-30-25)33-11-12-35(27(37)41-28(2,3)4)29(5,18-33)19-39-7/h15-16,21H,11-14,17-20H2,1-10H3,(H,31,36). The summed E-state index contributed by atoms with van der Waals surface area (Å²) in [4.78, 5) is 39.9. The maximum atomic E-state index is 13.4. The van der Waals surface area contributed by atoms with Crippen molar-refractivity contribution < 1.29 is 28.5 Å². The number of hydrogen-bond donors (Lipinski definition) is 1. The van der Waals surface area contributed by atoms with Gasteiger partial charge >= 0.3 is 6.09 Å². The summed E-state index contributed by atoms with van der Waals surface area (Å²) >= 11 is 0. The first-order valence-electron chi connectivity index (χ1n) is 14.5. The average Bonchev–Trinajstić information content (AvgIpc) is 3.23. The molecule has 0 radical (unpaired) electrons. The second-order valence-electron chi connectivity index (χ2n) is 13.6. The van der Waals surface area contributed by atoms with Crippen LogP contribution in [0.3, 0.4) is 0 Å². The molecule has 12 nitrogen and oxygen atoms in total. The van der Waals surface area contributed by atoms with Crippen LogP contribution < -0.4 is 10.2 Å². The van der Waals surface area contributed by atoms with E-state index in [0.29, 0.717) is 62.0 Å². The highest BCUT2D eigenvalue weighted by atomic mass is 28.3. The average molecular weight is 607 g/mol. The maximum absolute atomic E-state index is 13.4. The minimum Gasteiger partial charge on any atom is -0.444 e. The number of amides is 2. The van der Waals surface area contributed by atoms with Crippen molar-refractivity contribution in [2.75, 3.05) is 58.6 Å². The summed E-state index contributed by atoms with van der Waals surface area (Å²) in [5.41, 5.74) is 0.206. The Kier molecular flexibility index (Phi) is 11.0. The number of piperazine rings is 1. The van der Waals surface area contributed by atoms with Gasteiger partial charge in [0.25, 0.3) is 5.91 Å². The number of nitrogens with one attached hydrogen (secondary N) is 1. The summed E-state index contributed by atoms with van der Waals surface area (Å²) < 4.78 is 24.2. The van der Waals surface area contributed by atoms with Gasteiger partial charge in [-0.3, -0.25) is 9.69 Å². The van der Waals surface area contributed by atoms with E-state index in [0.717, 1.165) is 6.04 Å². The predicted octanol–water partition coefficient (Wildman–Crippen LogP) is 3.97. The number of hydrogen-bond acceptors (Lipinski definition) is 9. The first-order valence-corrected chi connectivity index (χ1v) is 18.3. The highest BCUT2D eigenvalue weighted by molar-refractivity contribution is 6.76. The minimum absolute atomic E-state index is 0.180. The highest BCUT2D eigenvalue weighted by Crippen LogP contribution is 2.29. The zero-order valence-corrected chi connectivity index (χ0v) is 28.1. The molecule has 1 saturated heterocycles. The Morgan fingerprint density at radius 1 is 1.17 bits per heavy atom. The molecule has 2 amide bonds.